The second-order valence-corrected chi connectivity index (χ2v) is 7.56. The van der Waals surface area contributed by atoms with E-state index >= 15 is 0 Å². The fourth-order valence-corrected chi connectivity index (χ4v) is 3.00. The van der Waals surface area contributed by atoms with Crippen LogP contribution in [-0.4, -0.2) is 22.3 Å². The van der Waals surface area contributed by atoms with Gasteiger partial charge in [-0.2, -0.15) is 0 Å². The summed E-state index contributed by atoms with van der Waals surface area (Å²) in [6.45, 7) is 10.1. The predicted octanol–water partition coefficient (Wildman–Crippen LogP) is 4.71. The van der Waals surface area contributed by atoms with E-state index in [9.17, 15) is 0 Å². The highest BCUT2D eigenvalue weighted by molar-refractivity contribution is 7.80. The highest BCUT2D eigenvalue weighted by Gasteiger charge is 2.05. The maximum absolute atomic E-state index is 5.27. The molecule has 0 bridgehead atoms. The topological polar surface area (TPSA) is 48.1 Å². The summed E-state index contributed by atoms with van der Waals surface area (Å²) in [4.78, 5) is 0. The molecule has 146 valence electrons. The first-order valence-corrected chi connectivity index (χ1v) is 10.6. The van der Waals surface area contributed by atoms with E-state index in [0.717, 1.165) is 6.42 Å². The first-order chi connectivity index (χ1) is 12.0. The van der Waals surface area contributed by atoms with Crippen molar-refractivity contribution >= 4 is 34.7 Å². The largest absolute Gasteiger partial charge is 0.359 e. The van der Waals surface area contributed by atoms with E-state index in [1.54, 1.807) is 6.08 Å². The Morgan fingerprint density at radius 2 is 1.32 bits per heavy atom. The molecule has 0 aromatic heterocycles. The van der Waals surface area contributed by atoms with Gasteiger partial charge in [-0.25, -0.2) is 0 Å². The summed E-state index contributed by atoms with van der Waals surface area (Å²) in [6, 6.07) is 0.480. The summed E-state index contributed by atoms with van der Waals surface area (Å²) < 4.78 is 0. The van der Waals surface area contributed by atoms with Crippen LogP contribution >= 0.6 is 24.4 Å². The average Bonchev–Trinajstić information content (AvgIpc) is 2.58. The van der Waals surface area contributed by atoms with Crippen LogP contribution in [0.15, 0.2) is 12.7 Å². The van der Waals surface area contributed by atoms with Crippen LogP contribution in [0.4, 0.5) is 0 Å². The maximum atomic E-state index is 5.27. The van der Waals surface area contributed by atoms with Gasteiger partial charge in [0.1, 0.15) is 0 Å². The lowest BCUT2D eigenvalue weighted by Gasteiger charge is -2.19. The van der Waals surface area contributed by atoms with E-state index in [2.05, 4.69) is 41.9 Å². The summed E-state index contributed by atoms with van der Waals surface area (Å²) in [5.74, 6) is 0. The van der Waals surface area contributed by atoms with Crippen LogP contribution in [0, 0.1) is 0 Å². The molecule has 0 aromatic carbocycles. The van der Waals surface area contributed by atoms with Crippen molar-refractivity contribution in [3.05, 3.63) is 12.7 Å². The Morgan fingerprint density at radius 3 is 1.84 bits per heavy atom. The van der Waals surface area contributed by atoms with Gasteiger partial charge in [-0.05, 0) is 44.7 Å². The first kappa shape index (κ1) is 24.1. The summed E-state index contributed by atoms with van der Waals surface area (Å²) in [5, 5.41) is 7.41. The van der Waals surface area contributed by atoms with Crippen LogP contribution in [0.3, 0.4) is 0 Å². The third kappa shape index (κ3) is 16.3. The Kier molecular flexibility index (Phi) is 16.0. The smallest absolute Gasteiger partial charge is 0.185 e. The molecule has 25 heavy (non-hydrogen) atoms. The second-order valence-electron chi connectivity index (χ2n) is 6.74. The molecule has 0 heterocycles. The lowest BCUT2D eigenvalue weighted by molar-refractivity contribution is 0.518. The lowest BCUT2D eigenvalue weighted by Crippen LogP contribution is -2.52. The Balaban J connectivity index is 3.55. The van der Waals surface area contributed by atoms with Gasteiger partial charge in [0.15, 0.2) is 10.2 Å². The molecule has 0 unspecified atom stereocenters. The molecular formula is C19H38N4S2. The highest BCUT2D eigenvalue weighted by atomic mass is 32.1. The summed E-state index contributed by atoms with van der Waals surface area (Å²) in [7, 11) is 0. The zero-order valence-corrected chi connectivity index (χ0v) is 18.0. The molecule has 0 rings (SSSR count). The molecule has 0 aromatic rings. The molecule has 4 N–H and O–H groups in total. The average molecular weight is 387 g/mol. The zero-order valence-electron chi connectivity index (χ0n) is 16.3. The molecule has 2 atom stereocenters. The van der Waals surface area contributed by atoms with Gasteiger partial charge in [0, 0.05) is 12.1 Å². The Bertz CT molecular complexity index is 374. The minimum atomic E-state index is 0.119. The number of thiocarbonyl (C=S) groups is 2. The van der Waals surface area contributed by atoms with Crippen LogP contribution in [0.25, 0.3) is 0 Å². The van der Waals surface area contributed by atoms with Crippen molar-refractivity contribution in [3.8, 4) is 0 Å². The van der Waals surface area contributed by atoms with E-state index in [-0.39, 0.29) is 6.04 Å². The van der Waals surface area contributed by atoms with Crippen LogP contribution < -0.4 is 21.5 Å². The minimum Gasteiger partial charge on any atom is -0.359 e. The van der Waals surface area contributed by atoms with Gasteiger partial charge in [0.2, 0.25) is 0 Å². The fraction of sp³-hybridized carbons (Fsp3) is 0.789. The third-order valence-electron chi connectivity index (χ3n) is 4.12. The zero-order chi connectivity index (χ0) is 18.9. The first-order valence-electron chi connectivity index (χ1n) is 9.75. The number of unbranched alkanes of at least 4 members (excludes halogenated alkanes) is 8. The Labute approximate surface area is 166 Å². The molecule has 0 aliphatic carbocycles. The number of hydrazine groups is 1. The monoisotopic (exact) mass is 386 g/mol. The van der Waals surface area contributed by atoms with E-state index in [1.807, 2.05) is 6.92 Å². The van der Waals surface area contributed by atoms with E-state index in [4.69, 9.17) is 24.4 Å². The van der Waals surface area contributed by atoms with Gasteiger partial charge in [-0.15, -0.1) is 6.58 Å². The van der Waals surface area contributed by atoms with Crippen LogP contribution in [0.5, 0.6) is 0 Å². The van der Waals surface area contributed by atoms with Gasteiger partial charge < -0.3 is 10.6 Å². The van der Waals surface area contributed by atoms with Crippen LogP contribution in [0.2, 0.25) is 0 Å². The Hall–Kier alpha value is -0.880. The molecule has 0 radical (unpaired) electrons. The molecule has 0 fully saturated rings. The van der Waals surface area contributed by atoms with Crippen molar-refractivity contribution in [2.24, 2.45) is 0 Å². The summed E-state index contributed by atoms with van der Waals surface area (Å²) >= 11 is 10.4. The minimum absolute atomic E-state index is 0.119. The highest BCUT2D eigenvalue weighted by Crippen LogP contribution is 2.11. The van der Waals surface area contributed by atoms with Crippen LogP contribution in [-0.2, 0) is 0 Å². The van der Waals surface area contributed by atoms with E-state index in [1.165, 1.54) is 57.8 Å². The molecular weight excluding hydrogens is 348 g/mol. The van der Waals surface area contributed by atoms with Crippen molar-refractivity contribution in [2.45, 2.75) is 97.1 Å². The van der Waals surface area contributed by atoms with Crippen molar-refractivity contribution < 1.29 is 0 Å². The number of rotatable bonds is 13. The quantitative estimate of drug-likeness (QED) is 0.159. The molecule has 6 heteroatoms. The van der Waals surface area contributed by atoms with Gasteiger partial charge in [0.05, 0.1) is 0 Å². The Morgan fingerprint density at radius 1 is 0.840 bits per heavy atom. The van der Waals surface area contributed by atoms with E-state index in [0.29, 0.717) is 16.3 Å². The van der Waals surface area contributed by atoms with Crippen molar-refractivity contribution in [1.82, 2.24) is 21.5 Å². The van der Waals surface area contributed by atoms with Gasteiger partial charge >= 0.3 is 0 Å². The molecule has 4 nitrogen and oxygen atoms in total. The predicted molar refractivity (Wildman–Crippen MR) is 119 cm³/mol. The molecule has 0 saturated carbocycles. The van der Waals surface area contributed by atoms with Crippen molar-refractivity contribution in [1.29, 1.82) is 0 Å². The van der Waals surface area contributed by atoms with Gasteiger partial charge in [-0.1, -0.05) is 70.8 Å². The number of hydrogen-bond donors (Lipinski definition) is 4. The molecule has 0 saturated heterocycles. The maximum Gasteiger partial charge on any atom is 0.185 e. The number of hydrogen-bond acceptors (Lipinski definition) is 2. The van der Waals surface area contributed by atoms with Crippen molar-refractivity contribution in [3.63, 3.8) is 0 Å². The van der Waals surface area contributed by atoms with Crippen molar-refractivity contribution in [2.75, 3.05) is 0 Å². The summed E-state index contributed by atoms with van der Waals surface area (Å²) in [6.07, 6.45) is 15.1. The lowest BCUT2D eigenvalue weighted by atomic mass is 10.0. The second kappa shape index (κ2) is 16.6. The number of nitrogens with one attached hydrogen (secondary N) is 4. The molecule has 0 aliphatic heterocycles. The SMILES string of the molecule is C=C[C@H](C)NC(=S)NNC(=S)N[C@H](C)CCCCCCCCCCC. The van der Waals surface area contributed by atoms with Gasteiger partial charge in [0.25, 0.3) is 0 Å². The molecule has 0 amide bonds. The van der Waals surface area contributed by atoms with Gasteiger partial charge in [-0.3, -0.25) is 10.9 Å². The fourth-order valence-electron chi connectivity index (χ4n) is 2.51. The third-order valence-corrected chi connectivity index (χ3v) is 4.56. The van der Waals surface area contributed by atoms with Crippen LogP contribution in [0.1, 0.15) is 85.0 Å². The molecule has 0 aliphatic rings. The normalized spacial score (nSPS) is 12.8. The summed E-state index contributed by atoms with van der Waals surface area (Å²) in [5.41, 5.74) is 5.79. The van der Waals surface area contributed by atoms with E-state index < -0.39 is 0 Å². The standard InChI is InChI=1S/C19H38N4S2/c1-5-7-8-9-10-11-12-13-14-15-17(4)21-19(25)23-22-18(24)20-16(3)6-2/h6,16-17H,2,5,7-15H2,1,3-4H3,(H2,20,22,24)(H2,21,23,25)/t16-,17+/m0/s1. The molecule has 0 spiro atoms.